The molecule has 0 aliphatic heterocycles. The van der Waals surface area contributed by atoms with Crippen LogP contribution in [0.15, 0.2) is 41.0 Å². The van der Waals surface area contributed by atoms with Crippen LogP contribution in [0, 0.1) is 6.92 Å². The molecular weight excluding hydrogens is 318 g/mol. The summed E-state index contributed by atoms with van der Waals surface area (Å²) in [7, 11) is 1.79. The van der Waals surface area contributed by atoms with Crippen molar-refractivity contribution in [3.8, 4) is 0 Å². The van der Waals surface area contributed by atoms with Crippen molar-refractivity contribution >= 4 is 27.5 Å². The standard InChI is InChI=1S/C15H16BrN3O/c1-10-7-14(17-2)12(9-18-10)15(20)19-8-11-5-3-4-6-13(11)16/h3-7,9H,8H2,1-2H3,(H,17,18)(H,19,20). The molecule has 0 fully saturated rings. The quantitative estimate of drug-likeness (QED) is 0.903. The Balaban J connectivity index is 2.11. The molecule has 20 heavy (non-hydrogen) atoms. The summed E-state index contributed by atoms with van der Waals surface area (Å²) < 4.78 is 0.983. The van der Waals surface area contributed by atoms with Crippen molar-refractivity contribution in [3.63, 3.8) is 0 Å². The highest BCUT2D eigenvalue weighted by molar-refractivity contribution is 9.10. The summed E-state index contributed by atoms with van der Waals surface area (Å²) in [5, 5.41) is 5.92. The van der Waals surface area contributed by atoms with Gasteiger partial charge in [-0.05, 0) is 24.6 Å². The first-order chi connectivity index (χ1) is 9.61. The van der Waals surface area contributed by atoms with Gasteiger partial charge in [0.05, 0.1) is 11.3 Å². The van der Waals surface area contributed by atoms with E-state index in [0.29, 0.717) is 12.1 Å². The molecule has 0 saturated heterocycles. The van der Waals surface area contributed by atoms with Crippen molar-refractivity contribution < 1.29 is 4.79 Å². The van der Waals surface area contributed by atoms with Gasteiger partial charge in [-0.3, -0.25) is 9.78 Å². The van der Waals surface area contributed by atoms with Gasteiger partial charge < -0.3 is 10.6 Å². The van der Waals surface area contributed by atoms with E-state index in [1.165, 1.54) is 0 Å². The minimum atomic E-state index is -0.141. The van der Waals surface area contributed by atoms with Gasteiger partial charge in [-0.1, -0.05) is 34.1 Å². The summed E-state index contributed by atoms with van der Waals surface area (Å²) in [6, 6.07) is 9.66. The zero-order valence-corrected chi connectivity index (χ0v) is 13.0. The SMILES string of the molecule is CNc1cc(C)ncc1C(=O)NCc1ccccc1Br. The van der Waals surface area contributed by atoms with Gasteiger partial charge in [-0.25, -0.2) is 0 Å². The average molecular weight is 334 g/mol. The number of rotatable bonds is 4. The Labute approximate surface area is 126 Å². The van der Waals surface area contributed by atoms with Crippen molar-refractivity contribution in [1.29, 1.82) is 0 Å². The average Bonchev–Trinajstić information content (AvgIpc) is 2.46. The van der Waals surface area contributed by atoms with Crippen molar-refractivity contribution in [2.24, 2.45) is 0 Å². The first-order valence-electron chi connectivity index (χ1n) is 6.28. The number of aromatic nitrogens is 1. The monoisotopic (exact) mass is 333 g/mol. The minimum Gasteiger partial charge on any atom is -0.387 e. The number of anilines is 1. The molecule has 0 atom stereocenters. The molecule has 1 heterocycles. The van der Waals surface area contributed by atoms with Crippen LogP contribution < -0.4 is 10.6 Å². The second-order valence-electron chi connectivity index (χ2n) is 4.40. The van der Waals surface area contributed by atoms with Crippen molar-refractivity contribution in [1.82, 2.24) is 10.3 Å². The van der Waals surface area contributed by atoms with Gasteiger partial charge in [0.25, 0.3) is 5.91 Å². The lowest BCUT2D eigenvalue weighted by molar-refractivity contribution is 0.0951. The van der Waals surface area contributed by atoms with Crippen molar-refractivity contribution in [3.05, 3.63) is 57.8 Å². The first-order valence-corrected chi connectivity index (χ1v) is 7.07. The summed E-state index contributed by atoms with van der Waals surface area (Å²) in [5.41, 5.74) is 3.23. The topological polar surface area (TPSA) is 54.0 Å². The third kappa shape index (κ3) is 3.36. The molecule has 1 amide bonds. The summed E-state index contributed by atoms with van der Waals surface area (Å²) >= 11 is 3.46. The van der Waals surface area contributed by atoms with Crippen LogP contribution in [0.3, 0.4) is 0 Å². The molecule has 0 unspecified atom stereocenters. The lowest BCUT2D eigenvalue weighted by Crippen LogP contribution is -2.24. The highest BCUT2D eigenvalue weighted by atomic mass is 79.9. The van der Waals surface area contributed by atoms with Gasteiger partial charge in [-0.2, -0.15) is 0 Å². The normalized spacial score (nSPS) is 10.2. The van der Waals surface area contributed by atoms with E-state index in [2.05, 4.69) is 31.5 Å². The molecule has 0 aliphatic carbocycles. The Morgan fingerprint density at radius 3 is 2.80 bits per heavy atom. The Hall–Kier alpha value is -1.88. The fourth-order valence-corrected chi connectivity index (χ4v) is 2.29. The number of aryl methyl sites for hydroxylation is 1. The maximum Gasteiger partial charge on any atom is 0.255 e. The van der Waals surface area contributed by atoms with E-state index in [4.69, 9.17) is 0 Å². The van der Waals surface area contributed by atoms with E-state index in [1.54, 1.807) is 13.2 Å². The molecule has 2 aromatic rings. The summed E-state index contributed by atoms with van der Waals surface area (Å²) in [4.78, 5) is 16.4. The predicted molar refractivity (Wildman–Crippen MR) is 83.8 cm³/mol. The molecule has 104 valence electrons. The Bertz CT molecular complexity index is 628. The van der Waals surface area contributed by atoms with Crippen LogP contribution >= 0.6 is 15.9 Å². The number of hydrogen-bond donors (Lipinski definition) is 2. The van der Waals surface area contributed by atoms with Gasteiger partial charge in [0.1, 0.15) is 0 Å². The maximum absolute atomic E-state index is 12.2. The minimum absolute atomic E-state index is 0.141. The molecule has 1 aromatic heterocycles. The van der Waals surface area contributed by atoms with E-state index in [-0.39, 0.29) is 5.91 Å². The van der Waals surface area contributed by atoms with E-state index in [1.807, 2.05) is 37.3 Å². The molecule has 0 aliphatic rings. The van der Waals surface area contributed by atoms with Crippen molar-refractivity contribution in [2.45, 2.75) is 13.5 Å². The molecule has 0 bridgehead atoms. The smallest absolute Gasteiger partial charge is 0.255 e. The highest BCUT2D eigenvalue weighted by Crippen LogP contribution is 2.17. The lowest BCUT2D eigenvalue weighted by atomic mass is 10.2. The third-order valence-corrected chi connectivity index (χ3v) is 3.73. The summed E-state index contributed by atoms with van der Waals surface area (Å²) in [6.07, 6.45) is 1.59. The van der Waals surface area contributed by atoms with Crippen LogP contribution in [-0.4, -0.2) is 17.9 Å². The molecule has 2 N–H and O–H groups in total. The van der Waals surface area contributed by atoms with Crippen LogP contribution in [-0.2, 0) is 6.54 Å². The molecule has 1 aromatic carbocycles. The van der Waals surface area contributed by atoms with Crippen molar-refractivity contribution in [2.75, 3.05) is 12.4 Å². The number of halogens is 1. The van der Waals surface area contributed by atoms with Gasteiger partial charge in [0.15, 0.2) is 0 Å². The number of pyridine rings is 1. The van der Waals surface area contributed by atoms with Gasteiger partial charge in [0, 0.05) is 30.0 Å². The first kappa shape index (κ1) is 14.5. The van der Waals surface area contributed by atoms with Crippen LogP contribution in [0.2, 0.25) is 0 Å². The van der Waals surface area contributed by atoms with Crippen LogP contribution in [0.25, 0.3) is 0 Å². The van der Waals surface area contributed by atoms with Gasteiger partial charge >= 0.3 is 0 Å². The molecule has 0 spiro atoms. The zero-order chi connectivity index (χ0) is 14.5. The second kappa shape index (κ2) is 6.52. The maximum atomic E-state index is 12.2. The summed E-state index contributed by atoms with van der Waals surface area (Å²) in [6.45, 7) is 2.36. The zero-order valence-electron chi connectivity index (χ0n) is 11.4. The van der Waals surface area contributed by atoms with Gasteiger partial charge in [-0.15, -0.1) is 0 Å². The molecule has 5 heteroatoms. The van der Waals surface area contributed by atoms with E-state index in [9.17, 15) is 4.79 Å². The Morgan fingerprint density at radius 1 is 1.35 bits per heavy atom. The van der Waals surface area contributed by atoms with E-state index >= 15 is 0 Å². The Kier molecular flexibility index (Phi) is 4.74. The number of carbonyl (C=O) groups is 1. The summed E-state index contributed by atoms with van der Waals surface area (Å²) in [5.74, 6) is -0.141. The number of carbonyl (C=O) groups excluding carboxylic acids is 1. The fourth-order valence-electron chi connectivity index (χ4n) is 1.86. The van der Waals surface area contributed by atoms with E-state index < -0.39 is 0 Å². The number of nitrogens with one attached hydrogen (secondary N) is 2. The molecule has 2 rings (SSSR count). The molecule has 0 saturated carbocycles. The lowest BCUT2D eigenvalue weighted by Gasteiger charge is -2.11. The third-order valence-electron chi connectivity index (χ3n) is 2.95. The Morgan fingerprint density at radius 2 is 2.10 bits per heavy atom. The largest absolute Gasteiger partial charge is 0.387 e. The highest BCUT2D eigenvalue weighted by Gasteiger charge is 2.11. The molecule has 4 nitrogen and oxygen atoms in total. The number of benzene rings is 1. The van der Waals surface area contributed by atoms with Crippen LogP contribution in [0.4, 0.5) is 5.69 Å². The predicted octanol–water partition coefficient (Wildman–Crippen LogP) is 3.12. The fraction of sp³-hybridized carbons (Fsp3) is 0.200. The second-order valence-corrected chi connectivity index (χ2v) is 5.25. The van der Waals surface area contributed by atoms with Crippen LogP contribution in [0.1, 0.15) is 21.6 Å². The number of hydrogen-bond acceptors (Lipinski definition) is 3. The van der Waals surface area contributed by atoms with Crippen LogP contribution in [0.5, 0.6) is 0 Å². The van der Waals surface area contributed by atoms with E-state index in [0.717, 1.165) is 21.4 Å². The number of amides is 1. The van der Waals surface area contributed by atoms with Gasteiger partial charge in [0.2, 0.25) is 0 Å². The molecular formula is C15H16BrN3O. The molecule has 0 radical (unpaired) electrons. The number of nitrogens with zero attached hydrogens (tertiary/aromatic N) is 1.